The van der Waals surface area contributed by atoms with Crippen molar-refractivity contribution in [3.05, 3.63) is 46.6 Å². The van der Waals surface area contributed by atoms with Crippen LogP contribution in [0.5, 0.6) is 5.75 Å². The number of nitrogens with zero attached hydrogens (tertiary/aromatic N) is 2. The number of aromatic nitrogens is 2. The SMILES string of the molecule is CCCNC(=O)Nc1cnc2ccc(-c3cc(Cl)c(O)c(Cl)c3)cc2n1. The average Bonchev–Trinajstić information content (AvgIpc) is 2.63. The normalized spacial score (nSPS) is 10.7. The van der Waals surface area contributed by atoms with Gasteiger partial charge < -0.3 is 10.4 Å². The van der Waals surface area contributed by atoms with Crippen LogP contribution in [-0.4, -0.2) is 27.7 Å². The molecule has 26 heavy (non-hydrogen) atoms. The first-order chi connectivity index (χ1) is 12.5. The number of hydrogen-bond donors (Lipinski definition) is 3. The summed E-state index contributed by atoms with van der Waals surface area (Å²) in [5, 5.41) is 15.4. The molecular formula is C18H16Cl2N4O2. The van der Waals surface area contributed by atoms with Gasteiger partial charge in [-0.2, -0.15) is 0 Å². The third-order valence-electron chi connectivity index (χ3n) is 3.67. The number of nitrogens with one attached hydrogen (secondary N) is 2. The maximum atomic E-state index is 11.8. The molecule has 0 fully saturated rings. The van der Waals surface area contributed by atoms with Gasteiger partial charge in [-0.3, -0.25) is 10.3 Å². The van der Waals surface area contributed by atoms with Gasteiger partial charge in [-0.15, -0.1) is 0 Å². The number of carbonyl (C=O) groups excluding carboxylic acids is 1. The lowest BCUT2D eigenvalue weighted by atomic mass is 10.0. The van der Waals surface area contributed by atoms with Crippen molar-refractivity contribution in [3.8, 4) is 16.9 Å². The number of carbonyl (C=O) groups is 1. The Morgan fingerprint density at radius 3 is 2.54 bits per heavy atom. The number of anilines is 1. The van der Waals surface area contributed by atoms with E-state index in [1.165, 1.54) is 6.20 Å². The zero-order chi connectivity index (χ0) is 18.7. The lowest BCUT2D eigenvalue weighted by Crippen LogP contribution is -2.29. The number of phenols is 1. The summed E-state index contributed by atoms with van der Waals surface area (Å²) in [6.45, 7) is 2.55. The topological polar surface area (TPSA) is 87.1 Å². The fourth-order valence-corrected chi connectivity index (χ4v) is 2.87. The molecule has 0 radical (unpaired) electrons. The van der Waals surface area contributed by atoms with E-state index in [9.17, 15) is 9.90 Å². The number of urea groups is 1. The van der Waals surface area contributed by atoms with E-state index < -0.39 is 0 Å². The van der Waals surface area contributed by atoms with Crippen molar-refractivity contribution in [2.45, 2.75) is 13.3 Å². The summed E-state index contributed by atoms with van der Waals surface area (Å²) in [5.41, 5.74) is 2.84. The molecule has 8 heteroatoms. The monoisotopic (exact) mass is 390 g/mol. The summed E-state index contributed by atoms with van der Waals surface area (Å²) in [5.74, 6) is 0.201. The van der Waals surface area contributed by atoms with E-state index in [1.807, 2.05) is 25.1 Å². The van der Waals surface area contributed by atoms with Gasteiger partial charge in [0.15, 0.2) is 11.6 Å². The molecule has 0 bridgehead atoms. The lowest BCUT2D eigenvalue weighted by Gasteiger charge is -2.09. The zero-order valence-corrected chi connectivity index (χ0v) is 15.4. The fourth-order valence-electron chi connectivity index (χ4n) is 2.38. The van der Waals surface area contributed by atoms with E-state index in [1.54, 1.807) is 12.1 Å². The van der Waals surface area contributed by atoms with Gasteiger partial charge in [-0.25, -0.2) is 9.78 Å². The van der Waals surface area contributed by atoms with Crippen molar-refractivity contribution >= 4 is 46.1 Å². The van der Waals surface area contributed by atoms with Crippen LogP contribution < -0.4 is 10.6 Å². The number of hydrogen-bond acceptors (Lipinski definition) is 4. The van der Waals surface area contributed by atoms with Gasteiger partial charge in [0.1, 0.15) is 0 Å². The Hall–Kier alpha value is -2.57. The molecular weight excluding hydrogens is 375 g/mol. The second-order valence-electron chi connectivity index (χ2n) is 5.63. The van der Waals surface area contributed by atoms with Crippen LogP contribution in [0.2, 0.25) is 10.0 Å². The first-order valence-electron chi connectivity index (χ1n) is 7.98. The van der Waals surface area contributed by atoms with E-state index >= 15 is 0 Å². The molecule has 2 amide bonds. The molecule has 0 unspecified atom stereocenters. The molecule has 3 aromatic rings. The number of halogens is 2. The summed E-state index contributed by atoms with van der Waals surface area (Å²) in [7, 11) is 0. The van der Waals surface area contributed by atoms with Crippen molar-refractivity contribution in [1.29, 1.82) is 0 Å². The molecule has 3 N–H and O–H groups in total. The van der Waals surface area contributed by atoms with Crippen LogP contribution in [0.15, 0.2) is 36.5 Å². The molecule has 134 valence electrons. The fraction of sp³-hybridized carbons (Fsp3) is 0.167. The van der Waals surface area contributed by atoms with Crippen LogP contribution in [-0.2, 0) is 0 Å². The minimum atomic E-state index is -0.325. The van der Waals surface area contributed by atoms with Gasteiger partial charge in [-0.05, 0) is 41.8 Å². The van der Waals surface area contributed by atoms with Gasteiger partial charge in [0, 0.05) is 6.54 Å². The Morgan fingerprint density at radius 1 is 1.12 bits per heavy atom. The number of amides is 2. The van der Waals surface area contributed by atoms with E-state index in [0.29, 0.717) is 23.4 Å². The first kappa shape index (κ1) is 18.2. The Bertz CT molecular complexity index is 956. The summed E-state index contributed by atoms with van der Waals surface area (Å²) in [6, 6.07) is 8.41. The summed E-state index contributed by atoms with van der Waals surface area (Å²) in [4.78, 5) is 20.5. The van der Waals surface area contributed by atoms with Gasteiger partial charge in [0.25, 0.3) is 0 Å². The second-order valence-corrected chi connectivity index (χ2v) is 6.44. The third kappa shape index (κ3) is 3.98. The van der Waals surface area contributed by atoms with Crippen LogP contribution in [0, 0.1) is 0 Å². The maximum absolute atomic E-state index is 11.8. The number of rotatable bonds is 4. The Balaban J connectivity index is 1.93. The maximum Gasteiger partial charge on any atom is 0.320 e. The molecule has 0 atom stereocenters. The second kappa shape index (κ2) is 7.76. The van der Waals surface area contributed by atoms with Crippen LogP contribution in [0.1, 0.15) is 13.3 Å². The highest BCUT2D eigenvalue weighted by molar-refractivity contribution is 6.37. The largest absolute Gasteiger partial charge is 0.505 e. The minimum Gasteiger partial charge on any atom is -0.505 e. The molecule has 0 saturated heterocycles. The van der Waals surface area contributed by atoms with Crippen LogP contribution >= 0.6 is 23.2 Å². The highest BCUT2D eigenvalue weighted by Crippen LogP contribution is 2.36. The molecule has 0 aliphatic rings. The smallest absolute Gasteiger partial charge is 0.320 e. The molecule has 1 aromatic heterocycles. The summed E-state index contributed by atoms with van der Waals surface area (Å²) >= 11 is 12.0. The number of phenolic OH excluding ortho intramolecular Hbond substituents is 1. The number of fused-ring (bicyclic) bond motifs is 1. The Labute approximate surface area is 160 Å². The van der Waals surface area contributed by atoms with Crippen molar-refractivity contribution in [2.75, 3.05) is 11.9 Å². The van der Waals surface area contributed by atoms with Gasteiger partial charge in [0.05, 0.1) is 27.3 Å². The number of benzene rings is 2. The third-order valence-corrected chi connectivity index (χ3v) is 4.25. The quantitative estimate of drug-likeness (QED) is 0.594. The molecule has 3 rings (SSSR count). The summed E-state index contributed by atoms with van der Waals surface area (Å²) in [6.07, 6.45) is 2.35. The predicted molar refractivity (Wildman–Crippen MR) is 104 cm³/mol. The van der Waals surface area contributed by atoms with Gasteiger partial charge in [-0.1, -0.05) is 36.2 Å². The van der Waals surface area contributed by atoms with Crippen molar-refractivity contribution in [1.82, 2.24) is 15.3 Å². The van der Waals surface area contributed by atoms with E-state index in [-0.39, 0.29) is 21.8 Å². The molecule has 0 aliphatic heterocycles. The van der Waals surface area contributed by atoms with E-state index in [4.69, 9.17) is 23.2 Å². The van der Waals surface area contributed by atoms with Crippen LogP contribution in [0.25, 0.3) is 22.2 Å². The molecule has 2 aromatic carbocycles. The molecule has 0 aliphatic carbocycles. The average molecular weight is 391 g/mol. The van der Waals surface area contributed by atoms with Crippen molar-refractivity contribution in [2.24, 2.45) is 0 Å². The van der Waals surface area contributed by atoms with Crippen LogP contribution in [0.4, 0.5) is 10.6 Å². The molecule has 1 heterocycles. The predicted octanol–water partition coefficient (Wildman–Crippen LogP) is 4.84. The van der Waals surface area contributed by atoms with Crippen molar-refractivity contribution < 1.29 is 9.90 Å². The van der Waals surface area contributed by atoms with Crippen LogP contribution in [0.3, 0.4) is 0 Å². The molecule has 0 saturated carbocycles. The zero-order valence-electron chi connectivity index (χ0n) is 13.9. The van der Waals surface area contributed by atoms with E-state index in [2.05, 4.69) is 20.6 Å². The summed E-state index contributed by atoms with van der Waals surface area (Å²) < 4.78 is 0. The highest BCUT2D eigenvalue weighted by Gasteiger charge is 2.10. The van der Waals surface area contributed by atoms with Gasteiger partial charge >= 0.3 is 6.03 Å². The Morgan fingerprint density at radius 2 is 1.85 bits per heavy atom. The minimum absolute atomic E-state index is 0.151. The first-order valence-corrected chi connectivity index (χ1v) is 8.73. The van der Waals surface area contributed by atoms with Crippen molar-refractivity contribution in [3.63, 3.8) is 0 Å². The molecule has 0 spiro atoms. The lowest BCUT2D eigenvalue weighted by molar-refractivity contribution is 0.252. The Kier molecular flexibility index (Phi) is 5.44. The van der Waals surface area contributed by atoms with Gasteiger partial charge in [0.2, 0.25) is 0 Å². The highest BCUT2D eigenvalue weighted by atomic mass is 35.5. The van der Waals surface area contributed by atoms with E-state index in [0.717, 1.165) is 17.5 Å². The standard InChI is InChI=1S/C18H16Cl2N4O2/c1-2-5-21-18(26)24-16-9-22-14-4-3-10(8-15(14)23-16)11-6-12(19)17(25)13(20)7-11/h3-4,6-9,25H,2,5H2,1H3,(H2,21,23,24,26). The number of aromatic hydroxyl groups is 1. The molecule has 6 nitrogen and oxygen atoms in total.